The van der Waals surface area contributed by atoms with Crippen molar-refractivity contribution >= 4 is 27.3 Å². The second-order valence-electron chi connectivity index (χ2n) is 3.78. The Hall–Kier alpha value is 0.0700. The largest absolute Gasteiger partial charge is 0.330 e. The molecule has 1 saturated carbocycles. The first-order valence-corrected chi connectivity index (χ1v) is 6.77. The van der Waals surface area contributed by atoms with E-state index >= 15 is 0 Å². The molecule has 2 nitrogen and oxygen atoms in total. The molecule has 0 spiro atoms. The number of hydrogen-bond donors (Lipinski definition) is 1. The Kier molecular flexibility index (Phi) is 3.57. The van der Waals surface area contributed by atoms with Gasteiger partial charge in [0.15, 0.2) is 0 Å². The predicted octanol–water partition coefficient (Wildman–Crippen LogP) is 3.06. The van der Waals surface area contributed by atoms with Crippen LogP contribution in [-0.4, -0.2) is 11.5 Å². The predicted molar refractivity (Wildman–Crippen MR) is 63.8 cm³/mol. The van der Waals surface area contributed by atoms with Crippen LogP contribution in [0.3, 0.4) is 0 Å². The van der Waals surface area contributed by atoms with Crippen LogP contribution in [0.2, 0.25) is 0 Å². The third kappa shape index (κ3) is 2.18. The van der Waals surface area contributed by atoms with E-state index in [1.165, 1.54) is 35.6 Å². The Morgan fingerprint density at radius 1 is 1.43 bits per heavy atom. The summed E-state index contributed by atoms with van der Waals surface area (Å²) in [5.41, 5.74) is 5.52. The lowest BCUT2D eigenvalue weighted by Crippen LogP contribution is -2.01. The molecule has 1 aliphatic carbocycles. The van der Waals surface area contributed by atoms with Crippen LogP contribution >= 0.6 is 27.3 Å². The van der Waals surface area contributed by atoms with Gasteiger partial charge < -0.3 is 5.73 Å². The summed E-state index contributed by atoms with van der Waals surface area (Å²) in [5, 5.41) is 1.18. The first kappa shape index (κ1) is 10.6. The molecule has 2 rings (SSSR count). The Morgan fingerprint density at radius 3 is 2.79 bits per heavy atom. The smallest absolute Gasteiger partial charge is 0.120 e. The van der Waals surface area contributed by atoms with Crippen molar-refractivity contribution in [3.63, 3.8) is 0 Å². The molecule has 1 aliphatic rings. The summed E-state index contributed by atoms with van der Waals surface area (Å²) in [6.07, 6.45) is 6.34. The highest BCUT2D eigenvalue weighted by Gasteiger charge is 2.22. The van der Waals surface area contributed by atoms with Crippen molar-refractivity contribution in [3.05, 3.63) is 14.5 Å². The molecule has 0 aliphatic heterocycles. The summed E-state index contributed by atoms with van der Waals surface area (Å²) in [6, 6.07) is 0. The molecule has 0 amide bonds. The summed E-state index contributed by atoms with van der Waals surface area (Å²) in [4.78, 5) is 5.95. The Balaban J connectivity index is 2.15. The maximum atomic E-state index is 5.52. The minimum atomic E-state index is 0.698. The SMILES string of the molecule is NCCc1nc(Br)c(C2CCCC2)s1. The van der Waals surface area contributed by atoms with Crippen LogP contribution in [0.15, 0.2) is 4.60 Å². The van der Waals surface area contributed by atoms with Crippen LogP contribution in [-0.2, 0) is 6.42 Å². The lowest BCUT2D eigenvalue weighted by atomic mass is 10.1. The first-order chi connectivity index (χ1) is 6.81. The van der Waals surface area contributed by atoms with Crippen molar-refractivity contribution in [2.75, 3.05) is 6.54 Å². The molecule has 0 saturated heterocycles. The van der Waals surface area contributed by atoms with Crippen LogP contribution in [0.5, 0.6) is 0 Å². The van der Waals surface area contributed by atoms with Gasteiger partial charge in [-0.25, -0.2) is 4.98 Å². The van der Waals surface area contributed by atoms with Gasteiger partial charge in [-0.15, -0.1) is 11.3 Å². The van der Waals surface area contributed by atoms with Gasteiger partial charge in [0.2, 0.25) is 0 Å². The standard InChI is InChI=1S/C10H15BrN2S/c11-10-9(7-3-1-2-4-7)14-8(13-10)5-6-12/h7H,1-6,12H2. The van der Waals surface area contributed by atoms with Gasteiger partial charge in [-0.1, -0.05) is 12.8 Å². The van der Waals surface area contributed by atoms with Gasteiger partial charge in [-0.3, -0.25) is 0 Å². The van der Waals surface area contributed by atoms with Crippen LogP contribution in [0.25, 0.3) is 0 Å². The zero-order valence-electron chi connectivity index (χ0n) is 8.13. The number of nitrogens with zero attached hydrogens (tertiary/aromatic N) is 1. The topological polar surface area (TPSA) is 38.9 Å². The van der Waals surface area contributed by atoms with E-state index in [2.05, 4.69) is 20.9 Å². The Morgan fingerprint density at radius 2 is 2.14 bits per heavy atom. The van der Waals surface area contributed by atoms with Gasteiger partial charge in [0.05, 0.1) is 5.01 Å². The van der Waals surface area contributed by atoms with Crippen LogP contribution in [0.1, 0.15) is 41.5 Å². The maximum absolute atomic E-state index is 5.52. The van der Waals surface area contributed by atoms with E-state index < -0.39 is 0 Å². The number of nitrogens with two attached hydrogens (primary N) is 1. The van der Waals surface area contributed by atoms with Crippen molar-refractivity contribution in [3.8, 4) is 0 Å². The van der Waals surface area contributed by atoms with Crippen molar-refractivity contribution in [1.82, 2.24) is 4.98 Å². The molecular weight excluding hydrogens is 260 g/mol. The number of aromatic nitrogens is 1. The van der Waals surface area contributed by atoms with E-state index in [4.69, 9.17) is 5.73 Å². The minimum absolute atomic E-state index is 0.698. The van der Waals surface area contributed by atoms with E-state index in [9.17, 15) is 0 Å². The van der Waals surface area contributed by atoms with Crippen molar-refractivity contribution in [1.29, 1.82) is 0 Å². The quantitative estimate of drug-likeness (QED) is 0.920. The summed E-state index contributed by atoms with van der Waals surface area (Å²) >= 11 is 5.40. The molecule has 2 N–H and O–H groups in total. The fourth-order valence-electron chi connectivity index (χ4n) is 2.03. The number of rotatable bonds is 3. The van der Waals surface area contributed by atoms with Gasteiger partial charge >= 0.3 is 0 Å². The second-order valence-corrected chi connectivity index (χ2v) is 5.65. The molecule has 4 heteroatoms. The number of hydrogen-bond acceptors (Lipinski definition) is 3. The molecule has 78 valence electrons. The molecule has 1 aromatic rings. The van der Waals surface area contributed by atoms with E-state index in [-0.39, 0.29) is 0 Å². The normalized spacial score (nSPS) is 17.9. The highest BCUT2D eigenvalue weighted by Crippen LogP contribution is 2.40. The fourth-order valence-corrected chi connectivity index (χ4v) is 4.07. The highest BCUT2D eigenvalue weighted by molar-refractivity contribution is 9.10. The van der Waals surface area contributed by atoms with E-state index in [1.807, 2.05) is 11.3 Å². The number of thiazole rings is 1. The monoisotopic (exact) mass is 274 g/mol. The van der Waals surface area contributed by atoms with Gasteiger partial charge in [-0.2, -0.15) is 0 Å². The molecule has 14 heavy (non-hydrogen) atoms. The lowest BCUT2D eigenvalue weighted by molar-refractivity contribution is 0.732. The van der Waals surface area contributed by atoms with Gasteiger partial charge in [-0.05, 0) is 41.2 Å². The molecule has 1 aromatic heterocycles. The van der Waals surface area contributed by atoms with Crippen molar-refractivity contribution in [2.45, 2.75) is 38.0 Å². The zero-order valence-corrected chi connectivity index (χ0v) is 10.5. The van der Waals surface area contributed by atoms with Gasteiger partial charge in [0, 0.05) is 11.3 Å². The third-order valence-corrected chi connectivity index (χ3v) is 4.88. The van der Waals surface area contributed by atoms with Crippen LogP contribution in [0, 0.1) is 0 Å². The summed E-state index contributed by atoms with van der Waals surface area (Å²) < 4.78 is 1.07. The molecular formula is C10H15BrN2S. The van der Waals surface area contributed by atoms with Crippen LogP contribution in [0.4, 0.5) is 0 Å². The van der Waals surface area contributed by atoms with Crippen LogP contribution < -0.4 is 5.73 Å². The van der Waals surface area contributed by atoms with Crippen molar-refractivity contribution in [2.24, 2.45) is 5.73 Å². The van der Waals surface area contributed by atoms with Gasteiger partial charge in [0.25, 0.3) is 0 Å². The minimum Gasteiger partial charge on any atom is -0.330 e. The highest BCUT2D eigenvalue weighted by atomic mass is 79.9. The molecule has 1 heterocycles. The fraction of sp³-hybridized carbons (Fsp3) is 0.700. The lowest BCUT2D eigenvalue weighted by Gasteiger charge is -2.04. The first-order valence-electron chi connectivity index (χ1n) is 5.16. The number of halogens is 1. The second kappa shape index (κ2) is 4.73. The third-order valence-electron chi connectivity index (χ3n) is 2.74. The maximum Gasteiger partial charge on any atom is 0.120 e. The van der Waals surface area contributed by atoms with E-state index in [0.717, 1.165) is 16.9 Å². The van der Waals surface area contributed by atoms with Crippen molar-refractivity contribution < 1.29 is 0 Å². The molecule has 0 unspecified atom stereocenters. The summed E-state index contributed by atoms with van der Waals surface area (Å²) in [6.45, 7) is 0.698. The molecule has 0 aromatic carbocycles. The Labute approximate surface area is 97.0 Å². The molecule has 1 fully saturated rings. The summed E-state index contributed by atoms with van der Waals surface area (Å²) in [7, 11) is 0. The molecule has 0 radical (unpaired) electrons. The average molecular weight is 275 g/mol. The van der Waals surface area contributed by atoms with E-state index in [0.29, 0.717) is 6.54 Å². The molecule has 0 atom stereocenters. The zero-order chi connectivity index (χ0) is 9.97. The average Bonchev–Trinajstić information content (AvgIpc) is 2.74. The summed E-state index contributed by atoms with van der Waals surface area (Å²) in [5.74, 6) is 0.758. The molecule has 0 bridgehead atoms. The Bertz CT molecular complexity index is 305. The van der Waals surface area contributed by atoms with E-state index in [1.54, 1.807) is 0 Å². The van der Waals surface area contributed by atoms with Gasteiger partial charge in [0.1, 0.15) is 4.60 Å².